The molecule has 1 amide bonds. The second-order valence-corrected chi connectivity index (χ2v) is 10.7. The second-order valence-electron chi connectivity index (χ2n) is 7.77. The number of non-ortho nitro benzene ring substituents is 1. The molecule has 1 aromatic heterocycles. The highest BCUT2D eigenvalue weighted by atomic mass is 79.9. The average molecular weight is 585 g/mol. The number of nitrogens with zero attached hydrogens (tertiary/aromatic N) is 3. The van der Waals surface area contributed by atoms with Gasteiger partial charge in [0, 0.05) is 45.8 Å². The van der Waals surface area contributed by atoms with Crippen molar-refractivity contribution in [3.05, 3.63) is 109 Å². The Balaban J connectivity index is 1.49. The number of carbonyl (C=O) groups is 1. The van der Waals surface area contributed by atoms with Crippen LogP contribution < -0.4 is 4.90 Å². The normalized spacial score (nSPS) is 14.9. The zero-order chi connectivity index (χ0) is 24.7. The van der Waals surface area contributed by atoms with Gasteiger partial charge >= 0.3 is 0 Å². The first kappa shape index (κ1) is 23.7. The average Bonchev–Trinajstić information content (AvgIpc) is 3.32. The molecule has 0 unspecified atom stereocenters. The summed E-state index contributed by atoms with van der Waals surface area (Å²) in [6.45, 7) is 0.532. The monoisotopic (exact) mass is 583 g/mol. The third-order valence-electron chi connectivity index (χ3n) is 5.56. The molecule has 1 saturated heterocycles. The van der Waals surface area contributed by atoms with Crippen LogP contribution in [-0.4, -0.2) is 19.7 Å². The van der Waals surface area contributed by atoms with Crippen molar-refractivity contribution in [2.45, 2.75) is 6.54 Å². The van der Waals surface area contributed by atoms with Crippen molar-refractivity contribution in [1.29, 1.82) is 0 Å². The molecule has 6 nitrogen and oxygen atoms in total. The van der Waals surface area contributed by atoms with Gasteiger partial charge in [-0.2, -0.15) is 0 Å². The number of carbonyl (C=O) groups excluding carboxylic acids is 1. The molecule has 0 aliphatic carbocycles. The van der Waals surface area contributed by atoms with E-state index in [4.69, 9.17) is 23.8 Å². The van der Waals surface area contributed by atoms with E-state index < -0.39 is 4.92 Å². The first-order chi connectivity index (χ1) is 16.8. The molecular formula is C25H15BrClN3O3S2. The van der Waals surface area contributed by atoms with Gasteiger partial charge in [0.05, 0.1) is 20.5 Å². The summed E-state index contributed by atoms with van der Waals surface area (Å²) in [7, 11) is 0. The topological polar surface area (TPSA) is 68.4 Å². The van der Waals surface area contributed by atoms with E-state index in [-0.39, 0.29) is 11.6 Å². The van der Waals surface area contributed by atoms with Crippen molar-refractivity contribution >= 4 is 90.1 Å². The number of anilines is 1. The van der Waals surface area contributed by atoms with Gasteiger partial charge in [0.25, 0.3) is 11.6 Å². The summed E-state index contributed by atoms with van der Waals surface area (Å²) < 4.78 is 3.25. The molecule has 35 heavy (non-hydrogen) atoms. The third kappa shape index (κ3) is 4.64. The standard InChI is InChI=1S/C25H15BrClN3O3S2/c26-20-10-9-18(12-21(20)27)29-24(31)23(35-25(29)34)11-16-14-28(22-4-2-1-3-19(16)22)13-15-5-7-17(8-6-15)30(32)33/h1-12,14H,13H2/b23-11-. The number of thioether (sulfide) groups is 1. The van der Waals surface area contributed by atoms with Gasteiger partial charge in [-0.1, -0.05) is 65.9 Å². The van der Waals surface area contributed by atoms with Crippen LogP contribution in [0.15, 0.2) is 82.3 Å². The predicted octanol–water partition coefficient (Wildman–Crippen LogP) is 7.42. The summed E-state index contributed by atoms with van der Waals surface area (Å²) >= 11 is 16.3. The van der Waals surface area contributed by atoms with Gasteiger partial charge in [0.15, 0.2) is 4.32 Å². The number of halogens is 2. The molecule has 0 spiro atoms. The van der Waals surface area contributed by atoms with Crippen LogP contribution in [0.2, 0.25) is 5.02 Å². The SMILES string of the molecule is O=C1/C(=C/c2cn(Cc3ccc([N+](=O)[O-])cc3)c3ccccc23)SC(=S)N1c1ccc(Br)c(Cl)c1. The highest BCUT2D eigenvalue weighted by Crippen LogP contribution is 2.39. The Morgan fingerprint density at radius 1 is 1.11 bits per heavy atom. The Kier molecular flexibility index (Phi) is 6.50. The van der Waals surface area contributed by atoms with Crippen molar-refractivity contribution in [3.8, 4) is 0 Å². The highest BCUT2D eigenvalue weighted by molar-refractivity contribution is 9.10. The van der Waals surface area contributed by atoms with Gasteiger partial charge in [-0.05, 0) is 51.8 Å². The fourth-order valence-electron chi connectivity index (χ4n) is 3.90. The van der Waals surface area contributed by atoms with Crippen LogP contribution in [0.1, 0.15) is 11.1 Å². The van der Waals surface area contributed by atoms with Crippen molar-refractivity contribution in [1.82, 2.24) is 4.57 Å². The van der Waals surface area contributed by atoms with Crippen LogP contribution in [0.25, 0.3) is 17.0 Å². The van der Waals surface area contributed by atoms with E-state index >= 15 is 0 Å². The lowest BCUT2D eigenvalue weighted by Crippen LogP contribution is -2.27. The smallest absolute Gasteiger partial charge is 0.270 e. The van der Waals surface area contributed by atoms with Crippen LogP contribution in [0.4, 0.5) is 11.4 Å². The fourth-order valence-corrected chi connectivity index (χ4v) is 5.61. The van der Waals surface area contributed by atoms with E-state index in [0.717, 1.165) is 26.5 Å². The fraction of sp³-hybridized carbons (Fsp3) is 0.0400. The van der Waals surface area contributed by atoms with Gasteiger partial charge in [-0.25, -0.2) is 0 Å². The molecule has 5 rings (SSSR count). The number of para-hydroxylation sites is 1. The molecular weight excluding hydrogens is 570 g/mol. The maximum atomic E-state index is 13.3. The number of nitro benzene ring substituents is 1. The van der Waals surface area contributed by atoms with Crippen LogP contribution in [-0.2, 0) is 11.3 Å². The largest absolute Gasteiger partial charge is 0.342 e. The number of thiocarbonyl (C=S) groups is 1. The van der Waals surface area contributed by atoms with Gasteiger partial charge < -0.3 is 4.57 Å². The number of aromatic nitrogens is 1. The Labute approximate surface area is 223 Å². The number of nitro groups is 1. The molecule has 1 aliphatic heterocycles. The van der Waals surface area contributed by atoms with Crippen LogP contribution in [0.3, 0.4) is 0 Å². The van der Waals surface area contributed by atoms with E-state index in [1.165, 1.54) is 28.8 Å². The molecule has 2 heterocycles. The Hall–Kier alpha value is -2.98. The van der Waals surface area contributed by atoms with Crippen molar-refractivity contribution in [3.63, 3.8) is 0 Å². The lowest BCUT2D eigenvalue weighted by atomic mass is 10.1. The molecule has 0 atom stereocenters. The van der Waals surface area contributed by atoms with Gasteiger partial charge in [-0.15, -0.1) is 0 Å². The zero-order valence-corrected chi connectivity index (χ0v) is 21.8. The van der Waals surface area contributed by atoms with E-state index in [0.29, 0.717) is 26.5 Å². The lowest BCUT2D eigenvalue weighted by molar-refractivity contribution is -0.384. The summed E-state index contributed by atoms with van der Waals surface area (Å²) in [5, 5.41) is 12.4. The number of hydrogen-bond donors (Lipinski definition) is 0. The maximum Gasteiger partial charge on any atom is 0.270 e. The summed E-state index contributed by atoms with van der Waals surface area (Å²) in [4.78, 5) is 25.8. The Morgan fingerprint density at radius 3 is 2.57 bits per heavy atom. The quantitative estimate of drug-likeness (QED) is 0.106. The van der Waals surface area contributed by atoms with Gasteiger partial charge in [-0.3, -0.25) is 19.8 Å². The third-order valence-corrected chi connectivity index (χ3v) is 8.10. The van der Waals surface area contributed by atoms with Gasteiger partial charge in [0.2, 0.25) is 0 Å². The molecule has 1 fully saturated rings. The van der Waals surface area contributed by atoms with Crippen LogP contribution >= 0.6 is 51.5 Å². The minimum Gasteiger partial charge on any atom is -0.342 e. The van der Waals surface area contributed by atoms with Crippen LogP contribution in [0.5, 0.6) is 0 Å². The van der Waals surface area contributed by atoms with Crippen molar-refractivity contribution in [2.24, 2.45) is 0 Å². The number of fused-ring (bicyclic) bond motifs is 1. The lowest BCUT2D eigenvalue weighted by Gasteiger charge is -2.15. The van der Waals surface area contributed by atoms with E-state index in [1.807, 2.05) is 36.5 Å². The Morgan fingerprint density at radius 2 is 1.86 bits per heavy atom. The molecule has 0 saturated carbocycles. The molecule has 174 valence electrons. The first-order valence-corrected chi connectivity index (χ1v) is 12.8. The molecule has 3 aromatic carbocycles. The molecule has 10 heteroatoms. The molecule has 4 aromatic rings. The van der Waals surface area contributed by atoms with E-state index in [9.17, 15) is 14.9 Å². The Bertz CT molecular complexity index is 1550. The van der Waals surface area contributed by atoms with E-state index in [1.54, 1.807) is 30.3 Å². The van der Waals surface area contributed by atoms with E-state index in [2.05, 4.69) is 20.5 Å². The number of hydrogen-bond acceptors (Lipinski definition) is 5. The first-order valence-electron chi connectivity index (χ1n) is 10.4. The van der Waals surface area contributed by atoms with Crippen molar-refractivity contribution < 1.29 is 9.72 Å². The maximum absolute atomic E-state index is 13.3. The summed E-state index contributed by atoms with van der Waals surface area (Å²) in [5.74, 6) is -0.203. The zero-order valence-electron chi connectivity index (χ0n) is 17.9. The molecule has 1 aliphatic rings. The molecule has 0 radical (unpaired) electrons. The predicted molar refractivity (Wildman–Crippen MR) is 149 cm³/mol. The number of amides is 1. The van der Waals surface area contributed by atoms with Gasteiger partial charge in [0.1, 0.15) is 0 Å². The second kappa shape index (κ2) is 9.58. The molecule has 0 N–H and O–H groups in total. The number of benzene rings is 3. The summed E-state index contributed by atoms with van der Waals surface area (Å²) in [6.07, 6.45) is 3.84. The minimum absolute atomic E-state index is 0.0564. The molecule has 0 bridgehead atoms. The highest BCUT2D eigenvalue weighted by Gasteiger charge is 2.33. The number of rotatable bonds is 5. The van der Waals surface area contributed by atoms with Crippen molar-refractivity contribution in [2.75, 3.05) is 4.90 Å². The van der Waals surface area contributed by atoms with Crippen LogP contribution in [0, 0.1) is 10.1 Å². The summed E-state index contributed by atoms with van der Waals surface area (Å²) in [6, 6.07) is 19.7. The summed E-state index contributed by atoms with van der Waals surface area (Å²) in [5.41, 5.74) is 3.48. The minimum atomic E-state index is -0.411.